The lowest BCUT2D eigenvalue weighted by Crippen LogP contribution is -2.54. The van der Waals surface area contributed by atoms with Crippen LogP contribution in [0.25, 0.3) is 0 Å². The highest BCUT2D eigenvalue weighted by Gasteiger charge is 2.44. The Morgan fingerprint density at radius 3 is 2.74 bits per heavy atom. The van der Waals surface area contributed by atoms with Gasteiger partial charge in [-0.3, -0.25) is 4.79 Å². The van der Waals surface area contributed by atoms with Gasteiger partial charge in [0.2, 0.25) is 5.91 Å². The van der Waals surface area contributed by atoms with E-state index in [1.807, 2.05) is 0 Å². The molecule has 0 saturated heterocycles. The van der Waals surface area contributed by atoms with Gasteiger partial charge in [-0.05, 0) is 49.8 Å². The van der Waals surface area contributed by atoms with Crippen LogP contribution in [0.3, 0.4) is 0 Å². The average molecular weight is 262 g/mol. The van der Waals surface area contributed by atoms with Crippen LogP contribution in [0.5, 0.6) is 0 Å². The van der Waals surface area contributed by atoms with Gasteiger partial charge in [-0.25, -0.2) is 4.39 Å². The van der Waals surface area contributed by atoms with Crippen molar-refractivity contribution in [2.24, 2.45) is 5.92 Å². The Labute approximate surface area is 112 Å². The molecule has 3 rings (SSSR count). The highest BCUT2D eigenvalue weighted by atomic mass is 19.1. The number of hydrogen-bond acceptors (Lipinski definition) is 2. The van der Waals surface area contributed by atoms with E-state index in [9.17, 15) is 9.18 Å². The molecule has 1 fully saturated rings. The molecule has 102 valence electrons. The van der Waals surface area contributed by atoms with Gasteiger partial charge >= 0.3 is 0 Å². The highest BCUT2D eigenvalue weighted by Crippen LogP contribution is 2.41. The number of hydrogen-bond donors (Lipinski definition) is 2. The quantitative estimate of drug-likeness (QED) is 0.813. The molecule has 0 unspecified atom stereocenters. The number of nitrogens with one attached hydrogen (secondary N) is 2. The van der Waals surface area contributed by atoms with Gasteiger partial charge in [-0.2, -0.15) is 0 Å². The zero-order valence-corrected chi connectivity index (χ0v) is 11.1. The molecular weight excluding hydrogens is 243 g/mol. The summed E-state index contributed by atoms with van der Waals surface area (Å²) in [4.78, 5) is 12.3. The van der Waals surface area contributed by atoms with Gasteiger partial charge in [0.15, 0.2) is 0 Å². The SMILES string of the molecule is CCC1CCC2(CC1)Nc1ccc(F)cc1NC2=O. The van der Waals surface area contributed by atoms with E-state index in [0.717, 1.165) is 37.3 Å². The van der Waals surface area contributed by atoms with Crippen molar-refractivity contribution in [3.8, 4) is 0 Å². The first kappa shape index (κ1) is 12.5. The number of amides is 1. The zero-order chi connectivity index (χ0) is 13.5. The first-order chi connectivity index (χ1) is 9.13. The Balaban J connectivity index is 1.86. The summed E-state index contributed by atoms with van der Waals surface area (Å²) in [5.74, 6) is 0.390. The highest BCUT2D eigenvalue weighted by molar-refractivity contribution is 6.06. The molecule has 1 aromatic rings. The van der Waals surface area contributed by atoms with Crippen molar-refractivity contribution in [1.82, 2.24) is 0 Å². The zero-order valence-electron chi connectivity index (χ0n) is 11.1. The molecule has 1 saturated carbocycles. The fraction of sp³-hybridized carbons (Fsp3) is 0.533. The van der Waals surface area contributed by atoms with Gasteiger partial charge in [0.05, 0.1) is 11.4 Å². The van der Waals surface area contributed by atoms with Crippen LogP contribution >= 0.6 is 0 Å². The number of anilines is 2. The second-order valence-electron chi connectivity index (χ2n) is 5.70. The molecule has 1 aliphatic heterocycles. The maximum Gasteiger partial charge on any atom is 0.250 e. The third-order valence-corrected chi connectivity index (χ3v) is 4.57. The maximum absolute atomic E-state index is 13.2. The lowest BCUT2D eigenvalue weighted by atomic mass is 9.74. The smallest absolute Gasteiger partial charge is 0.250 e. The fourth-order valence-corrected chi connectivity index (χ4v) is 3.22. The minimum Gasteiger partial charge on any atom is -0.370 e. The third kappa shape index (κ3) is 2.09. The van der Waals surface area contributed by atoms with E-state index in [-0.39, 0.29) is 11.7 Å². The summed E-state index contributed by atoms with van der Waals surface area (Å²) in [6.07, 6.45) is 5.04. The number of benzene rings is 1. The number of fused-ring (bicyclic) bond motifs is 1. The molecule has 19 heavy (non-hydrogen) atoms. The molecule has 1 amide bonds. The molecule has 0 bridgehead atoms. The van der Waals surface area contributed by atoms with Gasteiger partial charge in [0.25, 0.3) is 0 Å². The van der Waals surface area contributed by atoms with E-state index in [4.69, 9.17) is 0 Å². The first-order valence-corrected chi connectivity index (χ1v) is 7.02. The number of rotatable bonds is 1. The lowest BCUT2D eigenvalue weighted by Gasteiger charge is -2.43. The van der Waals surface area contributed by atoms with Crippen molar-refractivity contribution in [3.05, 3.63) is 24.0 Å². The lowest BCUT2D eigenvalue weighted by molar-refractivity contribution is -0.121. The molecule has 3 nitrogen and oxygen atoms in total. The maximum atomic E-state index is 13.2. The van der Waals surface area contributed by atoms with Crippen molar-refractivity contribution in [2.75, 3.05) is 10.6 Å². The molecule has 0 atom stereocenters. The van der Waals surface area contributed by atoms with E-state index in [1.165, 1.54) is 18.6 Å². The summed E-state index contributed by atoms with van der Waals surface area (Å²) in [6, 6.07) is 4.50. The minimum absolute atomic E-state index is 0.0137. The largest absolute Gasteiger partial charge is 0.370 e. The summed E-state index contributed by atoms with van der Waals surface area (Å²) < 4.78 is 13.2. The van der Waals surface area contributed by atoms with Crippen molar-refractivity contribution >= 4 is 17.3 Å². The number of carbonyl (C=O) groups excluding carboxylic acids is 1. The molecule has 4 heteroatoms. The van der Waals surface area contributed by atoms with Crippen LogP contribution in [0.15, 0.2) is 18.2 Å². The van der Waals surface area contributed by atoms with Gasteiger partial charge in [-0.1, -0.05) is 13.3 Å². The summed E-state index contributed by atoms with van der Waals surface area (Å²) in [5, 5.41) is 6.21. The molecular formula is C15H19FN2O. The second kappa shape index (κ2) is 4.51. The van der Waals surface area contributed by atoms with Crippen molar-refractivity contribution in [2.45, 2.75) is 44.6 Å². The molecule has 1 heterocycles. The monoisotopic (exact) mass is 262 g/mol. The molecule has 1 aliphatic carbocycles. The Morgan fingerprint density at radius 2 is 2.05 bits per heavy atom. The predicted octanol–water partition coefficient (Wildman–Crippen LogP) is 3.53. The van der Waals surface area contributed by atoms with Gasteiger partial charge in [0.1, 0.15) is 11.4 Å². The summed E-state index contributed by atoms with van der Waals surface area (Å²) >= 11 is 0. The van der Waals surface area contributed by atoms with Crippen molar-refractivity contribution in [3.63, 3.8) is 0 Å². The van der Waals surface area contributed by atoms with Crippen LogP contribution in [0, 0.1) is 11.7 Å². The predicted molar refractivity (Wildman–Crippen MR) is 73.6 cm³/mol. The Hall–Kier alpha value is -1.58. The van der Waals surface area contributed by atoms with Crippen molar-refractivity contribution < 1.29 is 9.18 Å². The molecule has 1 aromatic carbocycles. The van der Waals surface area contributed by atoms with Crippen LogP contribution in [-0.2, 0) is 4.79 Å². The Kier molecular flexibility index (Phi) is 2.96. The molecule has 1 spiro atoms. The van der Waals surface area contributed by atoms with Gasteiger partial charge < -0.3 is 10.6 Å². The molecule has 2 N–H and O–H groups in total. The van der Waals surface area contributed by atoms with E-state index in [0.29, 0.717) is 5.69 Å². The third-order valence-electron chi connectivity index (χ3n) is 4.57. The van der Waals surface area contributed by atoms with Crippen molar-refractivity contribution in [1.29, 1.82) is 0 Å². The van der Waals surface area contributed by atoms with E-state index < -0.39 is 5.54 Å². The normalized spacial score (nSPS) is 29.6. The average Bonchev–Trinajstić information content (AvgIpc) is 2.42. The number of halogens is 1. The number of carbonyl (C=O) groups is 1. The first-order valence-electron chi connectivity index (χ1n) is 7.02. The second-order valence-corrected chi connectivity index (χ2v) is 5.70. The standard InChI is InChI=1S/C15H19FN2O/c1-2-10-5-7-15(8-6-10)14(19)17-13-9-11(16)3-4-12(13)18-15/h3-4,9-10,18H,2,5-8H2,1H3,(H,17,19). The molecule has 0 radical (unpaired) electrons. The molecule has 2 aliphatic rings. The van der Waals surface area contributed by atoms with E-state index in [2.05, 4.69) is 17.6 Å². The van der Waals surface area contributed by atoms with Crippen LogP contribution in [0.1, 0.15) is 39.0 Å². The van der Waals surface area contributed by atoms with E-state index in [1.54, 1.807) is 6.07 Å². The van der Waals surface area contributed by atoms with Gasteiger partial charge in [-0.15, -0.1) is 0 Å². The summed E-state index contributed by atoms with van der Waals surface area (Å²) in [7, 11) is 0. The van der Waals surface area contributed by atoms with Crippen LogP contribution in [0.2, 0.25) is 0 Å². The fourth-order valence-electron chi connectivity index (χ4n) is 3.22. The molecule has 0 aromatic heterocycles. The minimum atomic E-state index is -0.490. The van der Waals surface area contributed by atoms with Crippen LogP contribution in [-0.4, -0.2) is 11.4 Å². The Morgan fingerprint density at radius 1 is 1.32 bits per heavy atom. The summed E-state index contributed by atoms with van der Waals surface area (Å²) in [6.45, 7) is 2.20. The van der Waals surface area contributed by atoms with Crippen LogP contribution in [0.4, 0.5) is 15.8 Å². The van der Waals surface area contributed by atoms with Gasteiger partial charge in [0, 0.05) is 0 Å². The van der Waals surface area contributed by atoms with Crippen LogP contribution < -0.4 is 10.6 Å². The topological polar surface area (TPSA) is 41.1 Å². The Bertz CT molecular complexity index is 507. The summed E-state index contributed by atoms with van der Waals surface area (Å²) in [5.41, 5.74) is 0.889. The van der Waals surface area contributed by atoms with E-state index >= 15 is 0 Å².